The zero-order chi connectivity index (χ0) is 17.9. The van der Waals surface area contributed by atoms with Crippen LogP contribution in [-0.2, 0) is 5.41 Å². The van der Waals surface area contributed by atoms with Gasteiger partial charge in [0.1, 0.15) is 5.82 Å². The van der Waals surface area contributed by atoms with E-state index in [4.69, 9.17) is 5.26 Å². The molecule has 1 heterocycles. The first-order valence-electron chi connectivity index (χ1n) is 7.82. The highest BCUT2D eigenvalue weighted by Crippen LogP contribution is 2.26. The monoisotopic (exact) mass is 352 g/mol. The average molecular weight is 352 g/mol. The van der Waals surface area contributed by atoms with E-state index in [0.29, 0.717) is 23.1 Å². The van der Waals surface area contributed by atoms with Crippen LogP contribution in [0, 0.1) is 17.1 Å². The molecule has 6 heteroatoms. The Morgan fingerprint density at radius 1 is 1.20 bits per heavy atom. The second kappa shape index (κ2) is 6.99. The van der Waals surface area contributed by atoms with Crippen molar-refractivity contribution < 1.29 is 4.39 Å². The van der Waals surface area contributed by atoms with Gasteiger partial charge in [-0.15, -0.1) is 0 Å². The summed E-state index contributed by atoms with van der Waals surface area (Å²) in [4.78, 5) is 4.49. The minimum Gasteiger partial charge on any atom is -0.359 e. The van der Waals surface area contributed by atoms with Crippen molar-refractivity contribution in [1.29, 1.82) is 5.26 Å². The molecule has 1 aromatic heterocycles. The van der Waals surface area contributed by atoms with E-state index in [1.165, 1.54) is 23.7 Å². The Kier molecular flexibility index (Phi) is 4.77. The maximum Gasteiger partial charge on any atom is 0.202 e. The number of halogens is 1. The molecule has 4 nitrogen and oxygen atoms in total. The van der Waals surface area contributed by atoms with Crippen LogP contribution >= 0.6 is 11.5 Å². The van der Waals surface area contributed by atoms with Crippen LogP contribution in [0.25, 0.3) is 11.4 Å². The first kappa shape index (κ1) is 17.1. The van der Waals surface area contributed by atoms with Crippen molar-refractivity contribution in [2.75, 3.05) is 11.9 Å². The lowest BCUT2D eigenvalue weighted by Crippen LogP contribution is -2.27. The Balaban J connectivity index is 1.71. The standard InChI is InChI=1S/C19H17FN4S/c1-19(2,15-6-8-16(20)9-7-15)12-22-18-23-17(24-25-18)14-5-3-4-13(10-14)11-21/h3-10H,12H2,1-2H3,(H,22,23,24). The van der Waals surface area contributed by atoms with Gasteiger partial charge in [0, 0.05) is 29.1 Å². The van der Waals surface area contributed by atoms with E-state index in [1.807, 2.05) is 12.1 Å². The van der Waals surface area contributed by atoms with Crippen LogP contribution in [-0.4, -0.2) is 15.9 Å². The summed E-state index contributed by atoms with van der Waals surface area (Å²) in [5.74, 6) is 0.366. The fourth-order valence-electron chi connectivity index (χ4n) is 2.44. The van der Waals surface area contributed by atoms with Crippen LogP contribution in [0.1, 0.15) is 25.0 Å². The number of nitrogens with one attached hydrogen (secondary N) is 1. The van der Waals surface area contributed by atoms with Crippen LogP contribution in [0.5, 0.6) is 0 Å². The van der Waals surface area contributed by atoms with Gasteiger partial charge in [0.25, 0.3) is 0 Å². The Hall–Kier alpha value is -2.78. The summed E-state index contributed by atoms with van der Waals surface area (Å²) in [7, 11) is 0. The lowest BCUT2D eigenvalue weighted by atomic mass is 9.85. The number of anilines is 1. The fourth-order valence-corrected chi connectivity index (χ4v) is 3.02. The predicted molar refractivity (Wildman–Crippen MR) is 98.0 cm³/mol. The van der Waals surface area contributed by atoms with Gasteiger partial charge in [-0.2, -0.15) is 14.6 Å². The number of nitrogens with zero attached hydrogens (tertiary/aromatic N) is 3. The van der Waals surface area contributed by atoms with Gasteiger partial charge in [-0.25, -0.2) is 4.39 Å². The molecule has 0 fully saturated rings. The number of hydrogen-bond donors (Lipinski definition) is 1. The SMILES string of the molecule is CC(C)(CNc1nc(-c2cccc(C#N)c2)ns1)c1ccc(F)cc1. The van der Waals surface area contributed by atoms with Gasteiger partial charge in [-0.3, -0.25) is 0 Å². The van der Waals surface area contributed by atoms with E-state index in [-0.39, 0.29) is 11.2 Å². The molecule has 3 rings (SSSR count). The zero-order valence-corrected chi connectivity index (χ0v) is 14.8. The molecule has 0 aliphatic carbocycles. The van der Waals surface area contributed by atoms with Gasteiger partial charge in [-0.05, 0) is 29.8 Å². The van der Waals surface area contributed by atoms with Crippen LogP contribution in [0.3, 0.4) is 0 Å². The number of nitriles is 1. The van der Waals surface area contributed by atoms with Crippen LogP contribution in [0.2, 0.25) is 0 Å². The third-order valence-corrected chi connectivity index (χ3v) is 4.66. The topological polar surface area (TPSA) is 61.6 Å². The van der Waals surface area contributed by atoms with Gasteiger partial charge in [0.05, 0.1) is 11.6 Å². The lowest BCUT2D eigenvalue weighted by molar-refractivity contribution is 0.553. The van der Waals surface area contributed by atoms with Crippen molar-refractivity contribution in [2.24, 2.45) is 0 Å². The Labute approximate surface area is 150 Å². The fraction of sp³-hybridized carbons (Fsp3) is 0.211. The number of hydrogen-bond acceptors (Lipinski definition) is 5. The molecular weight excluding hydrogens is 335 g/mol. The molecule has 0 aliphatic rings. The van der Waals surface area contributed by atoms with Crippen molar-refractivity contribution in [2.45, 2.75) is 19.3 Å². The number of aromatic nitrogens is 2. The zero-order valence-electron chi connectivity index (χ0n) is 14.0. The molecule has 2 aromatic carbocycles. The Morgan fingerprint density at radius 2 is 1.96 bits per heavy atom. The summed E-state index contributed by atoms with van der Waals surface area (Å²) in [6, 6.07) is 15.9. The minimum absolute atomic E-state index is 0.180. The van der Waals surface area contributed by atoms with Crippen molar-refractivity contribution in [1.82, 2.24) is 9.36 Å². The molecule has 0 spiro atoms. The molecule has 0 unspecified atom stereocenters. The van der Waals surface area contributed by atoms with E-state index in [0.717, 1.165) is 11.1 Å². The molecule has 126 valence electrons. The second-order valence-electron chi connectivity index (χ2n) is 6.36. The maximum absolute atomic E-state index is 13.1. The van der Waals surface area contributed by atoms with Gasteiger partial charge in [0.2, 0.25) is 5.13 Å². The molecule has 25 heavy (non-hydrogen) atoms. The second-order valence-corrected chi connectivity index (χ2v) is 7.11. The summed E-state index contributed by atoms with van der Waals surface area (Å²) in [5, 5.41) is 13.0. The summed E-state index contributed by atoms with van der Waals surface area (Å²) in [6.07, 6.45) is 0. The van der Waals surface area contributed by atoms with Crippen molar-refractivity contribution in [3.05, 3.63) is 65.5 Å². The normalized spacial score (nSPS) is 11.1. The van der Waals surface area contributed by atoms with Gasteiger partial charge in [-0.1, -0.05) is 38.1 Å². The number of rotatable bonds is 5. The van der Waals surface area contributed by atoms with Crippen molar-refractivity contribution in [3.8, 4) is 17.5 Å². The third-order valence-electron chi connectivity index (χ3n) is 3.98. The first-order valence-corrected chi connectivity index (χ1v) is 8.59. The smallest absolute Gasteiger partial charge is 0.202 e. The van der Waals surface area contributed by atoms with Crippen LogP contribution in [0.4, 0.5) is 9.52 Å². The summed E-state index contributed by atoms with van der Waals surface area (Å²) < 4.78 is 17.4. The summed E-state index contributed by atoms with van der Waals surface area (Å²) in [5.41, 5.74) is 2.27. The quantitative estimate of drug-likeness (QED) is 0.729. The molecular formula is C19H17FN4S. The van der Waals surface area contributed by atoms with Gasteiger partial charge in [0.15, 0.2) is 5.82 Å². The number of benzene rings is 2. The molecule has 0 saturated heterocycles. The van der Waals surface area contributed by atoms with E-state index in [1.54, 1.807) is 24.3 Å². The highest BCUT2D eigenvalue weighted by atomic mass is 32.1. The lowest BCUT2D eigenvalue weighted by Gasteiger charge is -2.25. The summed E-state index contributed by atoms with van der Waals surface area (Å²) >= 11 is 1.28. The third kappa shape index (κ3) is 4.01. The van der Waals surface area contributed by atoms with Gasteiger partial charge >= 0.3 is 0 Å². The minimum atomic E-state index is -0.235. The maximum atomic E-state index is 13.1. The Morgan fingerprint density at radius 3 is 2.68 bits per heavy atom. The highest BCUT2D eigenvalue weighted by molar-refractivity contribution is 7.09. The first-order chi connectivity index (χ1) is 12.0. The molecule has 1 N–H and O–H groups in total. The molecule has 0 radical (unpaired) electrons. The highest BCUT2D eigenvalue weighted by Gasteiger charge is 2.21. The molecule has 0 saturated carbocycles. The van der Waals surface area contributed by atoms with Crippen LogP contribution in [0.15, 0.2) is 48.5 Å². The Bertz CT molecular complexity index is 910. The molecule has 0 atom stereocenters. The van der Waals surface area contributed by atoms with E-state index in [2.05, 4.69) is 34.6 Å². The van der Waals surface area contributed by atoms with Crippen molar-refractivity contribution >= 4 is 16.7 Å². The molecule has 0 amide bonds. The predicted octanol–water partition coefficient (Wildman–Crippen LogP) is 4.61. The van der Waals surface area contributed by atoms with Gasteiger partial charge < -0.3 is 5.32 Å². The van der Waals surface area contributed by atoms with E-state index in [9.17, 15) is 4.39 Å². The van der Waals surface area contributed by atoms with Crippen LogP contribution < -0.4 is 5.32 Å². The van der Waals surface area contributed by atoms with E-state index >= 15 is 0 Å². The molecule has 0 aliphatic heterocycles. The van der Waals surface area contributed by atoms with Crippen molar-refractivity contribution in [3.63, 3.8) is 0 Å². The molecule has 3 aromatic rings. The van der Waals surface area contributed by atoms with E-state index < -0.39 is 0 Å². The average Bonchev–Trinajstić information content (AvgIpc) is 3.10. The summed E-state index contributed by atoms with van der Waals surface area (Å²) in [6.45, 7) is 4.82. The molecule has 0 bridgehead atoms. The largest absolute Gasteiger partial charge is 0.359 e.